The number of piperazine rings is 1. The summed E-state index contributed by atoms with van der Waals surface area (Å²) in [6, 6.07) is -1.91. The summed E-state index contributed by atoms with van der Waals surface area (Å²) in [6.07, 6.45) is -4.22. The maximum atomic E-state index is 12.5. The zero-order valence-electron chi connectivity index (χ0n) is 10.5. The second-order valence-electron chi connectivity index (χ2n) is 4.74. The standard InChI is InChI=1S/C11H17F3N2O2/c1-4-7-10(18)16(5-11(12,13)14)8(6(2)3)9(17)15-7/h6-8H,4-5H2,1-3H3,(H,15,17). The molecular weight excluding hydrogens is 249 g/mol. The van der Waals surface area contributed by atoms with Crippen molar-refractivity contribution in [1.29, 1.82) is 0 Å². The summed E-state index contributed by atoms with van der Waals surface area (Å²) in [5.41, 5.74) is 0. The number of nitrogens with zero attached hydrogens (tertiary/aromatic N) is 1. The zero-order valence-corrected chi connectivity index (χ0v) is 10.5. The van der Waals surface area contributed by atoms with Crippen LogP contribution in [0.25, 0.3) is 0 Å². The number of carbonyl (C=O) groups is 2. The largest absolute Gasteiger partial charge is 0.406 e. The topological polar surface area (TPSA) is 49.4 Å². The van der Waals surface area contributed by atoms with Gasteiger partial charge in [0.05, 0.1) is 0 Å². The van der Waals surface area contributed by atoms with Crippen LogP contribution in [0.5, 0.6) is 0 Å². The van der Waals surface area contributed by atoms with Gasteiger partial charge in [0, 0.05) is 0 Å². The van der Waals surface area contributed by atoms with E-state index in [1.807, 2.05) is 0 Å². The van der Waals surface area contributed by atoms with E-state index in [0.29, 0.717) is 4.90 Å². The Kier molecular flexibility index (Phi) is 4.24. The lowest BCUT2D eigenvalue weighted by molar-refractivity contribution is -0.176. The van der Waals surface area contributed by atoms with E-state index in [4.69, 9.17) is 0 Å². The van der Waals surface area contributed by atoms with Gasteiger partial charge in [-0.2, -0.15) is 13.2 Å². The SMILES string of the molecule is CCC1NC(=O)C(C(C)C)N(CC(F)(F)F)C1=O. The maximum absolute atomic E-state index is 12.5. The summed E-state index contributed by atoms with van der Waals surface area (Å²) in [5, 5.41) is 2.47. The Labute approximate surface area is 104 Å². The molecule has 0 saturated carbocycles. The summed E-state index contributed by atoms with van der Waals surface area (Å²) >= 11 is 0. The molecule has 2 unspecified atom stereocenters. The van der Waals surface area contributed by atoms with Gasteiger partial charge in [0.25, 0.3) is 0 Å². The van der Waals surface area contributed by atoms with Gasteiger partial charge in [-0.05, 0) is 12.3 Å². The lowest BCUT2D eigenvalue weighted by Gasteiger charge is -2.40. The minimum absolute atomic E-state index is 0.281. The van der Waals surface area contributed by atoms with Gasteiger partial charge in [-0.1, -0.05) is 20.8 Å². The molecule has 1 N–H and O–H groups in total. The molecule has 0 aliphatic carbocycles. The molecule has 0 aromatic heterocycles. The highest BCUT2D eigenvalue weighted by Crippen LogP contribution is 2.24. The Balaban J connectivity index is 3.01. The molecular formula is C11H17F3N2O2. The third-order valence-corrected chi connectivity index (χ3v) is 2.89. The summed E-state index contributed by atoms with van der Waals surface area (Å²) in [6.45, 7) is 3.50. The van der Waals surface area contributed by atoms with E-state index >= 15 is 0 Å². The first-order chi connectivity index (χ1) is 8.17. The van der Waals surface area contributed by atoms with Crippen LogP contribution in [0.1, 0.15) is 27.2 Å². The van der Waals surface area contributed by atoms with Gasteiger partial charge in [-0.25, -0.2) is 0 Å². The lowest BCUT2D eigenvalue weighted by atomic mass is 9.96. The Morgan fingerprint density at radius 2 is 1.89 bits per heavy atom. The summed E-state index contributed by atoms with van der Waals surface area (Å²) in [4.78, 5) is 24.3. The van der Waals surface area contributed by atoms with Gasteiger partial charge in [-0.3, -0.25) is 9.59 Å². The highest BCUT2D eigenvalue weighted by Gasteiger charge is 2.45. The van der Waals surface area contributed by atoms with E-state index < -0.39 is 36.6 Å². The molecule has 104 valence electrons. The van der Waals surface area contributed by atoms with Crippen molar-refractivity contribution in [3.05, 3.63) is 0 Å². The Morgan fingerprint density at radius 1 is 1.33 bits per heavy atom. The number of hydrogen-bond donors (Lipinski definition) is 1. The first-order valence-corrected chi connectivity index (χ1v) is 5.85. The Hall–Kier alpha value is -1.27. The van der Waals surface area contributed by atoms with Crippen molar-refractivity contribution in [2.45, 2.75) is 45.5 Å². The molecule has 0 aromatic rings. The van der Waals surface area contributed by atoms with Crippen molar-refractivity contribution in [1.82, 2.24) is 10.2 Å². The van der Waals surface area contributed by atoms with Crippen LogP contribution in [0.2, 0.25) is 0 Å². The molecule has 0 radical (unpaired) electrons. The number of alkyl halides is 3. The highest BCUT2D eigenvalue weighted by atomic mass is 19.4. The molecule has 1 saturated heterocycles. The molecule has 2 amide bonds. The van der Waals surface area contributed by atoms with E-state index in [2.05, 4.69) is 5.32 Å². The lowest BCUT2D eigenvalue weighted by Crippen LogP contribution is -2.65. The molecule has 2 atom stereocenters. The van der Waals surface area contributed by atoms with E-state index in [9.17, 15) is 22.8 Å². The first-order valence-electron chi connectivity index (χ1n) is 5.85. The van der Waals surface area contributed by atoms with Gasteiger partial charge >= 0.3 is 6.18 Å². The predicted octanol–water partition coefficient (Wildman–Crippen LogP) is 1.31. The van der Waals surface area contributed by atoms with Gasteiger partial charge in [0.1, 0.15) is 18.6 Å². The van der Waals surface area contributed by atoms with E-state index in [1.54, 1.807) is 20.8 Å². The van der Waals surface area contributed by atoms with Crippen molar-refractivity contribution in [3.8, 4) is 0 Å². The normalized spacial score (nSPS) is 25.6. The number of hydrogen-bond acceptors (Lipinski definition) is 2. The molecule has 7 heteroatoms. The van der Waals surface area contributed by atoms with Crippen molar-refractivity contribution in [2.24, 2.45) is 5.92 Å². The van der Waals surface area contributed by atoms with Crippen LogP contribution < -0.4 is 5.32 Å². The molecule has 1 rings (SSSR count). The second kappa shape index (κ2) is 5.16. The van der Waals surface area contributed by atoms with Crippen LogP contribution >= 0.6 is 0 Å². The van der Waals surface area contributed by atoms with Crippen LogP contribution in [-0.4, -0.2) is 41.5 Å². The number of amides is 2. The van der Waals surface area contributed by atoms with Gasteiger partial charge in [0.15, 0.2) is 0 Å². The molecule has 0 bridgehead atoms. The summed E-state index contributed by atoms with van der Waals surface area (Å²) in [7, 11) is 0. The molecule has 18 heavy (non-hydrogen) atoms. The molecule has 1 aliphatic heterocycles. The van der Waals surface area contributed by atoms with Crippen molar-refractivity contribution in [2.75, 3.05) is 6.54 Å². The van der Waals surface area contributed by atoms with Gasteiger partial charge in [-0.15, -0.1) is 0 Å². The Bertz CT molecular complexity index is 342. The molecule has 0 spiro atoms. The molecule has 1 heterocycles. The van der Waals surface area contributed by atoms with Crippen molar-refractivity contribution in [3.63, 3.8) is 0 Å². The Morgan fingerprint density at radius 3 is 2.28 bits per heavy atom. The maximum Gasteiger partial charge on any atom is 0.406 e. The quantitative estimate of drug-likeness (QED) is 0.837. The van der Waals surface area contributed by atoms with Crippen LogP contribution in [0.15, 0.2) is 0 Å². The fourth-order valence-corrected chi connectivity index (χ4v) is 2.11. The second-order valence-corrected chi connectivity index (χ2v) is 4.74. The third kappa shape index (κ3) is 3.14. The number of halogens is 3. The van der Waals surface area contributed by atoms with Crippen molar-refractivity contribution < 1.29 is 22.8 Å². The number of nitrogens with one attached hydrogen (secondary N) is 1. The average Bonchev–Trinajstić information content (AvgIpc) is 2.20. The minimum atomic E-state index is -4.50. The molecule has 0 aromatic carbocycles. The highest BCUT2D eigenvalue weighted by molar-refractivity contribution is 5.97. The molecule has 1 fully saturated rings. The van der Waals surface area contributed by atoms with Gasteiger partial charge < -0.3 is 10.2 Å². The van der Waals surface area contributed by atoms with Crippen molar-refractivity contribution >= 4 is 11.8 Å². The molecule has 4 nitrogen and oxygen atoms in total. The minimum Gasteiger partial charge on any atom is -0.343 e. The third-order valence-electron chi connectivity index (χ3n) is 2.89. The number of carbonyl (C=O) groups excluding carboxylic acids is 2. The van der Waals surface area contributed by atoms with Crippen LogP contribution in [0, 0.1) is 5.92 Å². The van der Waals surface area contributed by atoms with E-state index in [1.165, 1.54) is 0 Å². The fraction of sp³-hybridized carbons (Fsp3) is 0.818. The molecule has 1 aliphatic rings. The fourth-order valence-electron chi connectivity index (χ4n) is 2.11. The van der Waals surface area contributed by atoms with Crippen LogP contribution in [0.4, 0.5) is 13.2 Å². The number of rotatable bonds is 3. The smallest absolute Gasteiger partial charge is 0.343 e. The first kappa shape index (κ1) is 14.8. The van der Waals surface area contributed by atoms with Crippen LogP contribution in [-0.2, 0) is 9.59 Å². The van der Waals surface area contributed by atoms with Gasteiger partial charge in [0.2, 0.25) is 11.8 Å². The summed E-state index contributed by atoms with van der Waals surface area (Å²) in [5.74, 6) is -1.54. The predicted molar refractivity (Wildman–Crippen MR) is 58.6 cm³/mol. The average molecular weight is 266 g/mol. The van der Waals surface area contributed by atoms with E-state index in [0.717, 1.165) is 0 Å². The zero-order chi connectivity index (χ0) is 14.1. The van der Waals surface area contributed by atoms with E-state index in [-0.39, 0.29) is 12.3 Å². The van der Waals surface area contributed by atoms with Crippen LogP contribution in [0.3, 0.4) is 0 Å². The monoisotopic (exact) mass is 266 g/mol. The summed E-state index contributed by atoms with van der Waals surface area (Å²) < 4.78 is 37.4.